The third kappa shape index (κ3) is 14.1. The number of carbonyl (C=O) groups is 4. The molecule has 2 saturated heterocycles. The SMILES string of the molecule is CN1CCCN(C(=O)N(Cc2ccc(-c3nnc(C(F)(F)F)o3)cc2)c2ccccc2)CC1.CN1CCCN(C(=O)N(Cc2ccc(C(=O)CNC(=O)C(F)(F)F)cc2)c2ccccc2)CC1. The van der Waals surface area contributed by atoms with E-state index < -0.39 is 36.5 Å². The van der Waals surface area contributed by atoms with Crippen molar-refractivity contribution in [3.63, 3.8) is 0 Å². The quantitative estimate of drug-likeness (QED) is 0.110. The smallest absolute Gasteiger partial charge is 0.413 e. The number of hydrogen-bond acceptors (Lipinski definition) is 9. The number of nitrogens with one attached hydrogen (secondary N) is 1. The molecule has 1 N–H and O–H groups in total. The first-order valence-corrected chi connectivity index (χ1v) is 21.5. The summed E-state index contributed by atoms with van der Waals surface area (Å²) in [6.07, 6.45) is -7.94. The first-order valence-electron chi connectivity index (χ1n) is 21.5. The Balaban J connectivity index is 0.000000221. The van der Waals surface area contributed by atoms with Gasteiger partial charge in [0.15, 0.2) is 5.78 Å². The number of anilines is 2. The van der Waals surface area contributed by atoms with Crippen LogP contribution in [0.1, 0.15) is 40.2 Å². The molecule has 0 spiro atoms. The fourth-order valence-electron chi connectivity index (χ4n) is 7.30. The van der Waals surface area contributed by atoms with Gasteiger partial charge < -0.3 is 29.3 Å². The van der Waals surface area contributed by atoms with Crippen molar-refractivity contribution in [1.29, 1.82) is 0 Å². The molecule has 7 rings (SSSR count). The highest BCUT2D eigenvalue weighted by atomic mass is 19.4. The lowest BCUT2D eigenvalue weighted by molar-refractivity contribution is -0.173. The zero-order valence-corrected chi connectivity index (χ0v) is 37.0. The number of rotatable bonds is 10. The molecular weight excluding hydrogens is 885 g/mol. The van der Waals surface area contributed by atoms with Crippen molar-refractivity contribution < 1.29 is 49.9 Å². The van der Waals surface area contributed by atoms with Gasteiger partial charge in [0.25, 0.3) is 0 Å². The molecule has 5 aromatic rings. The van der Waals surface area contributed by atoms with Crippen LogP contribution in [0.2, 0.25) is 0 Å². The Morgan fingerprint density at radius 1 is 0.597 bits per heavy atom. The zero-order chi connectivity index (χ0) is 48.1. The first kappa shape index (κ1) is 49.6. The van der Waals surface area contributed by atoms with Crippen LogP contribution in [-0.2, 0) is 24.1 Å². The van der Waals surface area contributed by atoms with Gasteiger partial charge in [-0.3, -0.25) is 19.4 Å². The topological polar surface area (TPSA) is 139 Å². The van der Waals surface area contributed by atoms with E-state index in [2.05, 4.69) is 20.0 Å². The predicted octanol–water partition coefficient (Wildman–Crippen LogP) is 7.83. The monoisotopic (exact) mass is 935 g/mol. The second-order valence-electron chi connectivity index (χ2n) is 16.1. The third-order valence-corrected chi connectivity index (χ3v) is 11.1. The summed E-state index contributed by atoms with van der Waals surface area (Å²) in [5, 5.41) is 8.12. The average Bonchev–Trinajstić information content (AvgIpc) is 3.61. The number of amides is 5. The maximum absolute atomic E-state index is 13.4. The molecule has 5 amide bonds. The Morgan fingerprint density at radius 2 is 1.06 bits per heavy atom. The summed E-state index contributed by atoms with van der Waals surface area (Å²) < 4.78 is 79.8. The molecule has 3 heterocycles. The van der Waals surface area contributed by atoms with E-state index in [-0.39, 0.29) is 30.1 Å². The van der Waals surface area contributed by atoms with E-state index in [1.165, 1.54) is 12.1 Å². The summed E-state index contributed by atoms with van der Waals surface area (Å²) in [5.74, 6) is -4.40. The van der Waals surface area contributed by atoms with Crippen LogP contribution >= 0.6 is 0 Å². The molecule has 2 fully saturated rings. The van der Waals surface area contributed by atoms with Crippen molar-refractivity contribution >= 4 is 35.1 Å². The first-order chi connectivity index (χ1) is 32.0. The number of benzene rings is 4. The molecule has 2 aliphatic heterocycles. The molecule has 1 aromatic heterocycles. The van der Waals surface area contributed by atoms with Crippen molar-refractivity contribution in [2.45, 2.75) is 38.3 Å². The molecule has 4 aromatic carbocycles. The number of likely N-dealkylation sites (N-methyl/N-ethyl adjacent to an activating group) is 2. The van der Waals surface area contributed by atoms with Crippen LogP contribution in [0.5, 0.6) is 0 Å². The minimum Gasteiger partial charge on any atom is -0.413 e. The molecular formula is C47H51F6N9O5. The summed E-state index contributed by atoms with van der Waals surface area (Å²) >= 11 is 0. The molecule has 14 nitrogen and oxygen atoms in total. The van der Waals surface area contributed by atoms with Crippen LogP contribution in [0.25, 0.3) is 11.5 Å². The number of carbonyl (C=O) groups excluding carboxylic acids is 4. The van der Waals surface area contributed by atoms with Gasteiger partial charge in [0.1, 0.15) is 0 Å². The standard InChI is InChI=1S/C24H27F3N4O3.C23H24F3N5O2/c1-29-12-5-13-30(15-14-29)23(34)31(20-6-3-2-4-7-20)17-18-8-10-19(11-9-18)21(32)16-28-22(33)24(25,26)27;1-29-12-5-13-30(15-14-29)22(32)31(19-6-3-2-4-7-19)16-17-8-10-18(11-9-17)20-27-28-21(33-20)23(24,25)26/h2-4,6-11H,5,12-17H2,1H3,(H,28,33);2-4,6-11H,5,12-16H2,1H3. The van der Waals surface area contributed by atoms with Crippen molar-refractivity contribution in [3.8, 4) is 11.5 Å². The van der Waals surface area contributed by atoms with E-state index in [9.17, 15) is 45.5 Å². The van der Waals surface area contributed by atoms with Gasteiger partial charge >= 0.3 is 36.2 Å². The molecule has 0 bridgehead atoms. The Labute approximate surface area is 383 Å². The lowest BCUT2D eigenvalue weighted by Gasteiger charge is -2.30. The molecule has 356 valence electrons. The minimum absolute atomic E-state index is 0.0766. The Morgan fingerprint density at radius 3 is 1.49 bits per heavy atom. The fraction of sp³-hybridized carbons (Fsp3) is 0.362. The third-order valence-electron chi connectivity index (χ3n) is 11.1. The second-order valence-corrected chi connectivity index (χ2v) is 16.1. The van der Waals surface area contributed by atoms with E-state index in [1.807, 2.05) is 84.6 Å². The van der Waals surface area contributed by atoms with Gasteiger partial charge in [0.2, 0.25) is 5.89 Å². The lowest BCUT2D eigenvalue weighted by Crippen LogP contribution is -2.44. The number of hydrogen-bond donors (Lipinski definition) is 1. The lowest BCUT2D eigenvalue weighted by atomic mass is 10.1. The molecule has 2 aliphatic rings. The normalized spacial score (nSPS) is 15.1. The number of alkyl halides is 6. The molecule has 0 aliphatic carbocycles. The van der Waals surface area contributed by atoms with Crippen LogP contribution in [0.3, 0.4) is 0 Å². The fourth-order valence-corrected chi connectivity index (χ4v) is 7.30. The van der Waals surface area contributed by atoms with Crippen LogP contribution in [0.15, 0.2) is 114 Å². The van der Waals surface area contributed by atoms with Crippen LogP contribution in [0.4, 0.5) is 47.3 Å². The Hall–Kier alpha value is -6.80. The highest BCUT2D eigenvalue weighted by Gasteiger charge is 2.39. The van der Waals surface area contributed by atoms with Crippen molar-refractivity contribution in [1.82, 2.24) is 35.1 Å². The number of para-hydroxylation sites is 2. The number of nitrogens with zero attached hydrogens (tertiary/aromatic N) is 8. The van der Waals surface area contributed by atoms with Gasteiger partial charge in [-0.2, -0.15) is 26.3 Å². The van der Waals surface area contributed by atoms with Gasteiger partial charge in [-0.25, -0.2) is 9.59 Å². The van der Waals surface area contributed by atoms with E-state index in [0.717, 1.165) is 61.5 Å². The minimum atomic E-state index is -5.04. The summed E-state index contributed by atoms with van der Waals surface area (Å²) in [4.78, 5) is 61.4. The highest BCUT2D eigenvalue weighted by molar-refractivity contribution is 6.00. The van der Waals surface area contributed by atoms with E-state index >= 15 is 0 Å². The van der Waals surface area contributed by atoms with Gasteiger partial charge in [-0.1, -0.05) is 72.8 Å². The van der Waals surface area contributed by atoms with Crippen molar-refractivity contribution in [2.24, 2.45) is 0 Å². The molecule has 20 heteroatoms. The highest BCUT2D eigenvalue weighted by Crippen LogP contribution is 2.31. The molecule has 0 radical (unpaired) electrons. The average molecular weight is 936 g/mol. The van der Waals surface area contributed by atoms with E-state index in [1.54, 1.807) is 51.5 Å². The summed E-state index contributed by atoms with van der Waals surface area (Å²) in [6.45, 7) is 5.90. The van der Waals surface area contributed by atoms with Crippen molar-refractivity contribution in [2.75, 3.05) is 82.8 Å². The summed E-state index contributed by atoms with van der Waals surface area (Å²) in [7, 11) is 4.08. The van der Waals surface area contributed by atoms with E-state index in [4.69, 9.17) is 4.42 Å². The van der Waals surface area contributed by atoms with Gasteiger partial charge in [0.05, 0.1) is 19.6 Å². The van der Waals surface area contributed by atoms with Crippen LogP contribution in [0, 0.1) is 0 Å². The number of halogens is 6. The van der Waals surface area contributed by atoms with Gasteiger partial charge in [-0.05, 0) is 87.6 Å². The summed E-state index contributed by atoms with van der Waals surface area (Å²) in [5.41, 5.74) is 3.61. The van der Waals surface area contributed by atoms with E-state index in [0.29, 0.717) is 38.3 Å². The second kappa shape index (κ2) is 22.6. The van der Waals surface area contributed by atoms with Gasteiger partial charge in [-0.15, -0.1) is 10.2 Å². The maximum Gasteiger partial charge on any atom is 0.471 e. The molecule has 67 heavy (non-hydrogen) atoms. The Kier molecular flexibility index (Phi) is 16.7. The van der Waals surface area contributed by atoms with Crippen molar-refractivity contribution in [3.05, 3.63) is 132 Å². The zero-order valence-electron chi connectivity index (χ0n) is 37.0. The summed E-state index contributed by atoms with van der Waals surface area (Å²) in [6, 6.07) is 31.4. The molecule has 0 saturated carbocycles. The van der Waals surface area contributed by atoms with Crippen LogP contribution in [-0.4, -0.2) is 133 Å². The Bertz CT molecular complexity index is 2400. The van der Waals surface area contributed by atoms with Crippen LogP contribution < -0.4 is 15.1 Å². The largest absolute Gasteiger partial charge is 0.471 e. The molecule has 0 unspecified atom stereocenters. The maximum atomic E-state index is 13.4. The molecule has 0 atom stereocenters. The number of ketones is 1. The predicted molar refractivity (Wildman–Crippen MR) is 238 cm³/mol. The van der Waals surface area contributed by atoms with Gasteiger partial charge in [0, 0.05) is 61.8 Å². The number of Topliss-reactive ketones (excluding diaryl/α,β-unsaturated/α-hetero) is 1. The number of aromatic nitrogens is 2. The number of urea groups is 2.